The molecule has 1 saturated heterocycles. The molecule has 8 nitrogen and oxygen atoms in total. The Morgan fingerprint density at radius 1 is 1.21 bits per heavy atom. The van der Waals surface area contributed by atoms with E-state index in [0.717, 1.165) is 30.2 Å². The second-order valence-electron chi connectivity index (χ2n) is 8.62. The highest BCUT2D eigenvalue weighted by Crippen LogP contribution is 2.35. The number of morpholine rings is 1. The Morgan fingerprint density at radius 2 is 1.97 bits per heavy atom. The summed E-state index contributed by atoms with van der Waals surface area (Å²) in [7, 11) is 0. The number of anilines is 1. The van der Waals surface area contributed by atoms with E-state index >= 15 is 0 Å². The van der Waals surface area contributed by atoms with Crippen LogP contribution in [0.1, 0.15) is 36.8 Å². The van der Waals surface area contributed by atoms with E-state index in [9.17, 15) is 10.4 Å². The fourth-order valence-electron chi connectivity index (χ4n) is 4.12. The zero-order valence-electron chi connectivity index (χ0n) is 19.6. The van der Waals surface area contributed by atoms with E-state index < -0.39 is 6.10 Å². The van der Waals surface area contributed by atoms with Crippen molar-refractivity contribution in [1.29, 1.82) is 5.26 Å². The number of aliphatic hydroxyl groups excluding tert-OH is 1. The second-order valence-corrected chi connectivity index (χ2v) is 8.62. The molecule has 1 fully saturated rings. The van der Waals surface area contributed by atoms with Crippen molar-refractivity contribution < 1.29 is 14.6 Å². The number of aliphatic hydroxyl groups is 1. The monoisotopic (exact) mass is 459 g/mol. The SMILES string of the molecule is Cc1cc(Oc2cc(C#N)ccc2-c2ccc(C(O)CN)cn2)cc(N2C[C@@H](C)O[C@@H](C)C2)n1. The molecule has 4 rings (SSSR count). The second kappa shape index (κ2) is 10.2. The number of hydrogen-bond acceptors (Lipinski definition) is 8. The molecule has 3 heterocycles. The summed E-state index contributed by atoms with van der Waals surface area (Å²) in [6.07, 6.45) is 1.06. The van der Waals surface area contributed by atoms with Crippen molar-refractivity contribution >= 4 is 5.82 Å². The van der Waals surface area contributed by atoms with Gasteiger partial charge in [0.15, 0.2) is 0 Å². The molecule has 34 heavy (non-hydrogen) atoms. The lowest BCUT2D eigenvalue weighted by Gasteiger charge is -2.36. The third-order valence-electron chi connectivity index (χ3n) is 5.67. The Labute approximate surface area is 199 Å². The Bertz CT molecular complexity index is 1180. The predicted octanol–water partition coefficient (Wildman–Crippen LogP) is 3.72. The van der Waals surface area contributed by atoms with Crippen LogP contribution in [0.5, 0.6) is 11.5 Å². The van der Waals surface area contributed by atoms with Crippen LogP contribution >= 0.6 is 0 Å². The quantitative estimate of drug-likeness (QED) is 0.573. The molecular weight excluding hydrogens is 430 g/mol. The zero-order chi connectivity index (χ0) is 24.2. The Balaban J connectivity index is 1.67. The van der Waals surface area contributed by atoms with Crippen molar-refractivity contribution in [2.45, 2.75) is 39.1 Å². The number of nitrogens with zero attached hydrogens (tertiary/aromatic N) is 4. The minimum atomic E-state index is -0.762. The lowest BCUT2D eigenvalue weighted by atomic mass is 10.1. The average molecular weight is 460 g/mol. The van der Waals surface area contributed by atoms with Gasteiger partial charge in [0.25, 0.3) is 0 Å². The summed E-state index contributed by atoms with van der Waals surface area (Å²) in [6.45, 7) is 7.66. The highest BCUT2D eigenvalue weighted by atomic mass is 16.5. The van der Waals surface area contributed by atoms with Gasteiger partial charge in [-0.15, -0.1) is 0 Å². The normalized spacial score (nSPS) is 18.9. The van der Waals surface area contributed by atoms with Gasteiger partial charge in [0.05, 0.1) is 35.6 Å². The molecule has 0 saturated carbocycles. The summed E-state index contributed by atoms with van der Waals surface area (Å²) in [6, 6.07) is 14.8. The summed E-state index contributed by atoms with van der Waals surface area (Å²) in [5, 5.41) is 19.4. The van der Waals surface area contributed by atoms with Gasteiger partial charge in [0.1, 0.15) is 17.3 Å². The van der Waals surface area contributed by atoms with Crippen LogP contribution in [0.4, 0.5) is 5.82 Å². The molecule has 0 amide bonds. The van der Waals surface area contributed by atoms with E-state index in [-0.39, 0.29) is 18.8 Å². The lowest BCUT2D eigenvalue weighted by Crippen LogP contribution is -2.45. The Kier molecular flexibility index (Phi) is 7.08. The summed E-state index contributed by atoms with van der Waals surface area (Å²) in [5.74, 6) is 1.97. The maximum atomic E-state index is 9.96. The van der Waals surface area contributed by atoms with Crippen molar-refractivity contribution in [2.75, 3.05) is 24.5 Å². The van der Waals surface area contributed by atoms with Crippen LogP contribution in [0.25, 0.3) is 11.3 Å². The van der Waals surface area contributed by atoms with E-state index in [4.69, 9.17) is 20.2 Å². The van der Waals surface area contributed by atoms with Crippen LogP contribution in [0, 0.1) is 18.3 Å². The molecule has 3 aromatic rings. The fraction of sp³-hybridized carbons (Fsp3) is 0.346. The Morgan fingerprint density at radius 3 is 2.62 bits per heavy atom. The van der Waals surface area contributed by atoms with Crippen molar-refractivity contribution in [3.8, 4) is 28.8 Å². The molecule has 1 aromatic carbocycles. The van der Waals surface area contributed by atoms with E-state index in [1.54, 1.807) is 24.4 Å². The van der Waals surface area contributed by atoms with Crippen molar-refractivity contribution in [1.82, 2.24) is 9.97 Å². The molecule has 0 bridgehead atoms. The van der Waals surface area contributed by atoms with E-state index in [0.29, 0.717) is 28.3 Å². The van der Waals surface area contributed by atoms with Crippen LogP contribution < -0.4 is 15.4 Å². The molecule has 1 unspecified atom stereocenters. The topological polar surface area (TPSA) is 118 Å². The van der Waals surface area contributed by atoms with Gasteiger partial charge in [-0.2, -0.15) is 5.26 Å². The zero-order valence-corrected chi connectivity index (χ0v) is 19.6. The van der Waals surface area contributed by atoms with Gasteiger partial charge in [-0.3, -0.25) is 4.98 Å². The largest absolute Gasteiger partial charge is 0.456 e. The smallest absolute Gasteiger partial charge is 0.138 e. The van der Waals surface area contributed by atoms with Crippen LogP contribution in [0.15, 0.2) is 48.7 Å². The third-order valence-corrected chi connectivity index (χ3v) is 5.67. The van der Waals surface area contributed by atoms with Crippen LogP contribution in [-0.4, -0.2) is 46.9 Å². The molecule has 0 spiro atoms. The molecule has 3 atom stereocenters. The van der Waals surface area contributed by atoms with Gasteiger partial charge < -0.3 is 25.2 Å². The van der Waals surface area contributed by atoms with Crippen LogP contribution in [0.3, 0.4) is 0 Å². The van der Waals surface area contributed by atoms with Gasteiger partial charge in [-0.05, 0) is 45.0 Å². The maximum absolute atomic E-state index is 9.96. The first-order chi connectivity index (χ1) is 16.4. The lowest BCUT2D eigenvalue weighted by molar-refractivity contribution is -0.00548. The van der Waals surface area contributed by atoms with Gasteiger partial charge in [0.2, 0.25) is 0 Å². The first kappa shape index (κ1) is 23.6. The molecular formula is C26H29N5O3. The minimum Gasteiger partial charge on any atom is -0.456 e. The number of nitrogens with two attached hydrogens (primary N) is 1. The number of aryl methyl sites for hydroxylation is 1. The van der Waals surface area contributed by atoms with Gasteiger partial charge >= 0.3 is 0 Å². The van der Waals surface area contributed by atoms with E-state index in [1.165, 1.54) is 0 Å². The van der Waals surface area contributed by atoms with Crippen LogP contribution in [0.2, 0.25) is 0 Å². The molecule has 1 aliphatic heterocycles. The molecule has 0 aliphatic carbocycles. The first-order valence-electron chi connectivity index (χ1n) is 11.3. The number of nitriles is 1. The minimum absolute atomic E-state index is 0.112. The highest BCUT2D eigenvalue weighted by molar-refractivity contribution is 5.69. The summed E-state index contributed by atoms with van der Waals surface area (Å²) in [4.78, 5) is 11.4. The van der Waals surface area contributed by atoms with Gasteiger partial charge in [-0.1, -0.05) is 6.07 Å². The van der Waals surface area contributed by atoms with Gasteiger partial charge in [-0.25, -0.2) is 4.98 Å². The molecule has 1 aliphatic rings. The fourth-order valence-corrected chi connectivity index (χ4v) is 4.12. The van der Waals surface area contributed by atoms with E-state index in [1.807, 2.05) is 31.2 Å². The average Bonchev–Trinajstić information content (AvgIpc) is 2.82. The maximum Gasteiger partial charge on any atom is 0.138 e. The molecule has 3 N–H and O–H groups in total. The standard InChI is InChI=1S/C26H29N5O3/c1-16-8-21(10-26(30-16)31-14-17(2)33-18(3)15-31)34-25-9-19(11-27)4-6-22(25)23-7-5-20(13-29-23)24(32)12-28/h4-10,13,17-18,24,32H,12,14-15,28H2,1-3H3/t17-,18+,24?. The summed E-state index contributed by atoms with van der Waals surface area (Å²) >= 11 is 0. The third kappa shape index (κ3) is 5.34. The molecule has 176 valence electrons. The molecule has 8 heteroatoms. The molecule has 2 aromatic heterocycles. The van der Waals surface area contributed by atoms with Crippen molar-refractivity contribution in [3.05, 3.63) is 65.5 Å². The number of pyridine rings is 2. The van der Waals surface area contributed by atoms with Crippen molar-refractivity contribution in [2.24, 2.45) is 5.73 Å². The number of aromatic nitrogens is 2. The number of rotatable bonds is 6. The van der Waals surface area contributed by atoms with Crippen molar-refractivity contribution in [3.63, 3.8) is 0 Å². The Hall–Kier alpha value is -3.51. The molecule has 0 radical (unpaired) electrons. The van der Waals surface area contributed by atoms with E-state index in [2.05, 4.69) is 29.8 Å². The predicted molar refractivity (Wildman–Crippen MR) is 130 cm³/mol. The van der Waals surface area contributed by atoms with Crippen LogP contribution in [-0.2, 0) is 4.74 Å². The highest BCUT2D eigenvalue weighted by Gasteiger charge is 2.24. The van der Waals surface area contributed by atoms with Gasteiger partial charge in [0, 0.05) is 54.8 Å². The summed E-state index contributed by atoms with van der Waals surface area (Å²) < 4.78 is 12.2. The first-order valence-corrected chi connectivity index (χ1v) is 11.3. The number of ether oxygens (including phenoxy) is 2. The number of hydrogen-bond donors (Lipinski definition) is 2. The summed E-state index contributed by atoms with van der Waals surface area (Å²) in [5.41, 5.74) is 8.90. The number of benzene rings is 1.